The number of methoxy groups -OCH3 is 1. The largest absolute Gasteiger partial charge is 0.480 e. The maximum absolute atomic E-state index is 5.09. The first-order chi connectivity index (χ1) is 7.79. The highest BCUT2D eigenvalue weighted by Crippen LogP contribution is 2.27. The fourth-order valence-corrected chi connectivity index (χ4v) is 2.06. The van der Waals surface area contributed by atoms with Gasteiger partial charge in [-0.2, -0.15) is 4.98 Å². The lowest BCUT2D eigenvalue weighted by Gasteiger charge is -2.03. The highest BCUT2D eigenvalue weighted by atomic mass is 79.9. The maximum Gasteiger partial charge on any atom is 0.231 e. The van der Waals surface area contributed by atoms with Crippen LogP contribution in [-0.4, -0.2) is 22.1 Å². The lowest BCUT2D eigenvalue weighted by molar-refractivity contribution is 0.389. The van der Waals surface area contributed by atoms with Crippen molar-refractivity contribution in [3.63, 3.8) is 0 Å². The van der Waals surface area contributed by atoms with Gasteiger partial charge in [-0.3, -0.25) is 0 Å². The van der Waals surface area contributed by atoms with Crippen molar-refractivity contribution in [2.24, 2.45) is 0 Å². The van der Waals surface area contributed by atoms with Crippen LogP contribution in [0.4, 0.5) is 0 Å². The van der Waals surface area contributed by atoms with Gasteiger partial charge in [0.2, 0.25) is 5.88 Å². The molecule has 0 amide bonds. The van der Waals surface area contributed by atoms with E-state index < -0.39 is 0 Å². The molecular formula is C10H8BrN3OS. The van der Waals surface area contributed by atoms with E-state index in [-0.39, 0.29) is 0 Å². The van der Waals surface area contributed by atoms with Gasteiger partial charge in [-0.1, -0.05) is 6.07 Å². The van der Waals surface area contributed by atoms with E-state index in [1.54, 1.807) is 19.5 Å². The monoisotopic (exact) mass is 297 g/mol. The Morgan fingerprint density at radius 2 is 2.19 bits per heavy atom. The summed E-state index contributed by atoms with van der Waals surface area (Å²) in [5, 5.41) is 1.46. The molecule has 6 heteroatoms. The third kappa shape index (κ3) is 2.70. The second-order valence-corrected chi connectivity index (χ2v) is 4.62. The Morgan fingerprint density at radius 1 is 1.31 bits per heavy atom. The number of halogens is 1. The predicted octanol–water partition coefficient (Wildman–Crippen LogP) is 2.79. The molecule has 0 spiro atoms. The minimum absolute atomic E-state index is 0.522. The van der Waals surface area contributed by atoms with Gasteiger partial charge in [0.05, 0.1) is 11.6 Å². The number of rotatable bonds is 3. The predicted molar refractivity (Wildman–Crippen MR) is 64.6 cm³/mol. The standard InChI is InChI=1S/C10H8BrN3OS/c1-15-9-7(11)6-13-10(14-9)16-8-4-2-3-5-12-8/h2-6H,1H3. The van der Waals surface area contributed by atoms with Crippen LogP contribution in [-0.2, 0) is 0 Å². The summed E-state index contributed by atoms with van der Waals surface area (Å²) in [7, 11) is 1.57. The van der Waals surface area contributed by atoms with Gasteiger partial charge in [-0.15, -0.1) is 0 Å². The molecule has 82 valence electrons. The Balaban J connectivity index is 2.22. The molecule has 2 aromatic heterocycles. The second-order valence-electron chi connectivity index (χ2n) is 2.78. The molecule has 0 saturated heterocycles. The van der Waals surface area contributed by atoms with Crippen LogP contribution in [0.25, 0.3) is 0 Å². The fourth-order valence-electron chi connectivity index (χ4n) is 1.03. The second kappa shape index (κ2) is 5.27. The van der Waals surface area contributed by atoms with Crippen molar-refractivity contribution < 1.29 is 4.74 Å². The zero-order valence-corrected chi connectivity index (χ0v) is 10.8. The number of hydrogen-bond donors (Lipinski definition) is 0. The average molecular weight is 298 g/mol. The Labute approximate surface area is 106 Å². The summed E-state index contributed by atoms with van der Waals surface area (Å²) in [5.41, 5.74) is 0. The molecular weight excluding hydrogens is 290 g/mol. The summed E-state index contributed by atoms with van der Waals surface area (Å²) in [6, 6.07) is 5.70. The molecule has 0 aliphatic carbocycles. The van der Waals surface area contributed by atoms with Crippen molar-refractivity contribution in [1.82, 2.24) is 15.0 Å². The highest BCUT2D eigenvalue weighted by Gasteiger charge is 2.06. The molecule has 0 atom stereocenters. The van der Waals surface area contributed by atoms with Crippen LogP contribution < -0.4 is 4.74 Å². The molecule has 4 nitrogen and oxygen atoms in total. The summed E-state index contributed by atoms with van der Waals surface area (Å²) in [6.45, 7) is 0. The molecule has 16 heavy (non-hydrogen) atoms. The van der Waals surface area contributed by atoms with Gasteiger partial charge < -0.3 is 4.74 Å². The van der Waals surface area contributed by atoms with E-state index in [1.807, 2.05) is 18.2 Å². The quantitative estimate of drug-likeness (QED) is 0.815. The van der Waals surface area contributed by atoms with E-state index >= 15 is 0 Å². The number of pyridine rings is 1. The summed E-state index contributed by atoms with van der Waals surface area (Å²) in [4.78, 5) is 12.6. The summed E-state index contributed by atoms with van der Waals surface area (Å²) < 4.78 is 5.83. The van der Waals surface area contributed by atoms with Crippen LogP contribution in [0.3, 0.4) is 0 Å². The van der Waals surface area contributed by atoms with Crippen LogP contribution in [0.5, 0.6) is 5.88 Å². The third-order valence-electron chi connectivity index (χ3n) is 1.72. The fraction of sp³-hybridized carbons (Fsp3) is 0.100. The lowest BCUT2D eigenvalue weighted by Crippen LogP contribution is -1.93. The first-order valence-electron chi connectivity index (χ1n) is 4.45. The first kappa shape index (κ1) is 11.3. The van der Waals surface area contributed by atoms with E-state index in [9.17, 15) is 0 Å². The molecule has 2 aromatic rings. The molecule has 0 bridgehead atoms. The van der Waals surface area contributed by atoms with Crippen LogP contribution in [0.1, 0.15) is 0 Å². The Morgan fingerprint density at radius 3 is 2.88 bits per heavy atom. The van der Waals surface area contributed by atoms with Crippen LogP contribution in [0.2, 0.25) is 0 Å². The van der Waals surface area contributed by atoms with Crippen molar-refractivity contribution in [3.8, 4) is 5.88 Å². The van der Waals surface area contributed by atoms with Crippen molar-refractivity contribution in [2.75, 3.05) is 7.11 Å². The van der Waals surface area contributed by atoms with Gasteiger partial charge >= 0.3 is 0 Å². The van der Waals surface area contributed by atoms with Gasteiger partial charge in [0, 0.05) is 12.4 Å². The zero-order chi connectivity index (χ0) is 11.4. The van der Waals surface area contributed by atoms with E-state index in [2.05, 4.69) is 30.9 Å². The highest BCUT2D eigenvalue weighted by molar-refractivity contribution is 9.10. The van der Waals surface area contributed by atoms with E-state index in [1.165, 1.54) is 11.8 Å². The van der Waals surface area contributed by atoms with Crippen molar-refractivity contribution >= 4 is 27.7 Å². The molecule has 0 unspecified atom stereocenters. The molecule has 0 N–H and O–H groups in total. The van der Waals surface area contributed by atoms with E-state index in [0.717, 1.165) is 9.50 Å². The minimum Gasteiger partial charge on any atom is -0.480 e. The average Bonchev–Trinajstić information content (AvgIpc) is 2.33. The van der Waals surface area contributed by atoms with Crippen molar-refractivity contribution in [3.05, 3.63) is 35.1 Å². The number of hydrogen-bond acceptors (Lipinski definition) is 5. The van der Waals surface area contributed by atoms with Gasteiger partial charge in [0.15, 0.2) is 5.16 Å². The van der Waals surface area contributed by atoms with Gasteiger partial charge in [0.1, 0.15) is 5.03 Å². The molecule has 0 radical (unpaired) electrons. The molecule has 2 heterocycles. The number of ether oxygens (including phenoxy) is 1. The Bertz CT molecular complexity index is 481. The summed E-state index contributed by atoms with van der Waals surface area (Å²) in [5.74, 6) is 0.522. The van der Waals surface area contributed by atoms with Crippen LogP contribution >= 0.6 is 27.7 Å². The molecule has 0 aliphatic rings. The molecule has 0 aliphatic heterocycles. The Hall–Kier alpha value is -1.14. The van der Waals surface area contributed by atoms with Crippen molar-refractivity contribution in [1.29, 1.82) is 0 Å². The van der Waals surface area contributed by atoms with E-state index in [4.69, 9.17) is 4.74 Å². The van der Waals surface area contributed by atoms with Gasteiger partial charge in [-0.25, -0.2) is 9.97 Å². The van der Waals surface area contributed by atoms with Gasteiger partial charge in [-0.05, 0) is 39.8 Å². The summed E-state index contributed by atoms with van der Waals surface area (Å²) in [6.07, 6.45) is 3.40. The number of aromatic nitrogens is 3. The molecule has 0 saturated carbocycles. The maximum atomic E-state index is 5.09. The van der Waals surface area contributed by atoms with Gasteiger partial charge in [0.25, 0.3) is 0 Å². The minimum atomic E-state index is 0.522. The normalized spacial score (nSPS) is 10.1. The number of nitrogens with zero attached hydrogens (tertiary/aromatic N) is 3. The molecule has 0 aromatic carbocycles. The van der Waals surface area contributed by atoms with Crippen LogP contribution in [0.15, 0.2) is 45.2 Å². The van der Waals surface area contributed by atoms with Crippen molar-refractivity contribution in [2.45, 2.75) is 10.2 Å². The first-order valence-corrected chi connectivity index (χ1v) is 6.06. The van der Waals surface area contributed by atoms with E-state index in [0.29, 0.717) is 11.0 Å². The SMILES string of the molecule is COc1nc(Sc2ccccn2)ncc1Br. The lowest BCUT2D eigenvalue weighted by atomic mass is 10.5. The Kier molecular flexibility index (Phi) is 3.74. The third-order valence-corrected chi connectivity index (χ3v) is 3.09. The molecule has 2 rings (SSSR count). The topological polar surface area (TPSA) is 47.9 Å². The smallest absolute Gasteiger partial charge is 0.231 e. The molecule has 0 fully saturated rings. The van der Waals surface area contributed by atoms with Crippen LogP contribution in [0, 0.1) is 0 Å². The summed E-state index contributed by atoms with van der Waals surface area (Å²) >= 11 is 4.69. The zero-order valence-electron chi connectivity index (χ0n) is 8.42.